The van der Waals surface area contributed by atoms with E-state index in [-0.39, 0.29) is 29.5 Å². The number of amides is 1. The molecule has 0 aliphatic rings. The van der Waals surface area contributed by atoms with E-state index in [0.717, 1.165) is 10.0 Å². The van der Waals surface area contributed by atoms with E-state index in [9.17, 15) is 13.2 Å². The molecular formula is C19H23BrN2O4S. The molecule has 0 saturated carbocycles. The number of carbonyl (C=O) groups is 1. The summed E-state index contributed by atoms with van der Waals surface area (Å²) >= 11 is 3.38. The summed E-state index contributed by atoms with van der Waals surface area (Å²) in [5.74, 6) is 0.161. The van der Waals surface area contributed by atoms with E-state index in [2.05, 4.69) is 26.0 Å². The van der Waals surface area contributed by atoms with Crippen LogP contribution in [0.2, 0.25) is 0 Å². The molecule has 0 saturated heterocycles. The van der Waals surface area contributed by atoms with E-state index >= 15 is 0 Å². The highest BCUT2D eigenvalue weighted by atomic mass is 79.9. The van der Waals surface area contributed by atoms with Crippen molar-refractivity contribution in [1.29, 1.82) is 0 Å². The smallest absolute Gasteiger partial charge is 0.258 e. The molecule has 1 amide bonds. The van der Waals surface area contributed by atoms with Crippen LogP contribution in [0.4, 0.5) is 0 Å². The van der Waals surface area contributed by atoms with Crippen molar-refractivity contribution in [2.75, 3.05) is 6.61 Å². The Hall–Kier alpha value is -1.90. The van der Waals surface area contributed by atoms with Gasteiger partial charge in [0.1, 0.15) is 5.75 Å². The predicted octanol–water partition coefficient (Wildman–Crippen LogP) is 3.39. The number of benzene rings is 2. The average molecular weight is 455 g/mol. The van der Waals surface area contributed by atoms with E-state index in [1.165, 1.54) is 24.3 Å². The van der Waals surface area contributed by atoms with Gasteiger partial charge in [0.15, 0.2) is 6.61 Å². The quantitative estimate of drug-likeness (QED) is 0.639. The number of halogens is 1. The van der Waals surface area contributed by atoms with Gasteiger partial charge in [-0.15, -0.1) is 0 Å². The monoisotopic (exact) mass is 454 g/mol. The highest BCUT2D eigenvalue weighted by Gasteiger charge is 2.15. The molecule has 146 valence electrons. The van der Waals surface area contributed by atoms with Crippen LogP contribution in [-0.4, -0.2) is 27.0 Å². The first-order valence-electron chi connectivity index (χ1n) is 8.47. The Morgan fingerprint density at radius 2 is 1.63 bits per heavy atom. The van der Waals surface area contributed by atoms with Crippen LogP contribution in [0.25, 0.3) is 0 Å². The molecule has 0 radical (unpaired) electrons. The molecule has 2 N–H and O–H groups in total. The Labute approximate surface area is 168 Å². The first-order valence-corrected chi connectivity index (χ1v) is 10.7. The molecule has 27 heavy (non-hydrogen) atoms. The largest absolute Gasteiger partial charge is 0.484 e. The summed E-state index contributed by atoms with van der Waals surface area (Å²) in [4.78, 5) is 12.2. The molecule has 2 rings (SSSR count). The minimum absolute atomic E-state index is 0.149. The third-order valence-electron chi connectivity index (χ3n) is 3.64. The van der Waals surface area contributed by atoms with Gasteiger partial charge in [-0.2, -0.15) is 0 Å². The highest BCUT2D eigenvalue weighted by molar-refractivity contribution is 9.10. The summed E-state index contributed by atoms with van der Waals surface area (Å²) in [7, 11) is -3.55. The van der Waals surface area contributed by atoms with Crippen molar-refractivity contribution < 1.29 is 17.9 Å². The summed E-state index contributed by atoms with van der Waals surface area (Å²) in [6.07, 6.45) is 0. The molecule has 2 aromatic carbocycles. The number of nitrogens with one attached hydrogen (secondary N) is 2. The molecule has 0 aliphatic heterocycles. The molecule has 1 atom stereocenters. The van der Waals surface area contributed by atoms with Gasteiger partial charge in [0.2, 0.25) is 10.0 Å². The van der Waals surface area contributed by atoms with E-state index in [0.29, 0.717) is 5.75 Å². The fourth-order valence-corrected chi connectivity index (χ4v) is 3.88. The number of sulfonamides is 1. The van der Waals surface area contributed by atoms with E-state index in [4.69, 9.17) is 4.74 Å². The predicted molar refractivity (Wildman–Crippen MR) is 108 cm³/mol. The van der Waals surface area contributed by atoms with Gasteiger partial charge in [-0.1, -0.05) is 28.1 Å². The van der Waals surface area contributed by atoms with Crippen LogP contribution >= 0.6 is 15.9 Å². The fourth-order valence-electron chi connectivity index (χ4n) is 2.36. The normalized spacial score (nSPS) is 12.6. The van der Waals surface area contributed by atoms with Crippen molar-refractivity contribution in [2.45, 2.75) is 37.8 Å². The lowest BCUT2D eigenvalue weighted by Gasteiger charge is -2.15. The molecule has 0 heterocycles. The number of rotatable bonds is 8. The number of ether oxygens (including phenoxy) is 1. The third-order valence-corrected chi connectivity index (χ3v) is 5.85. The standard InChI is InChI=1S/C19H23BrN2O4S/c1-13(2)22-27(24,25)18-10-8-17(9-11-18)26-12-19(23)21-14(3)15-4-6-16(20)7-5-15/h4-11,13-14,22H,12H2,1-3H3,(H,21,23)/t14-/m1/s1. The third kappa shape index (κ3) is 6.64. The van der Waals surface area contributed by atoms with Crippen LogP contribution in [0.15, 0.2) is 57.9 Å². The summed E-state index contributed by atoms with van der Waals surface area (Å²) in [5.41, 5.74) is 0.985. The minimum atomic E-state index is -3.55. The second kappa shape index (κ2) is 9.34. The lowest BCUT2D eigenvalue weighted by atomic mass is 10.1. The van der Waals surface area contributed by atoms with Gasteiger partial charge < -0.3 is 10.1 Å². The van der Waals surface area contributed by atoms with Crippen molar-refractivity contribution in [2.24, 2.45) is 0 Å². The summed E-state index contributed by atoms with van der Waals surface area (Å²) in [6, 6.07) is 13.3. The molecular weight excluding hydrogens is 432 g/mol. The molecule has 0 aromatic heterocycles. The molecule has 8 heteroatoms. The van der Waals surface area contributed by atoms with Crippen molar-refractivity contribution in [3.05, 3.63) is 58.6 Å². The van der Waals surface area contributed by atoms with Crippen molar-refractivity contribution >= 4 is 31.9 Å². The van der Waals surface area contributed by atoms with Crippen LogP contribution < -0.4 is 14.8 Å². The van der Waals surface area contributed by atoms with Crippen molar-refractivity contribution in [3.8, 4) is 5.75 Å². The Bertz CT molecular complexity index is 866. The second-order valence-corrected chi connectivity index (χ2v) is 9.01. The second-order valence-electron chi connectivity index (χ2n) is 6.38. The van der Waals surface area contributed by atoms with Crippen LogP contribution in [0.3, 0.4) is 0 Å². The van der Waals surface area contributed by atoms with Gasteiger partial charge in [-0.3, -0.25) is 4.79 Å². The first kappa shape index (κ1) is 21.4. The zero-order chi connectivity index (χ0) is 20.0. The Balaban J connectivity index is 1.89. The van der Waals surface area contributed by atoms with Gasteiger partial charge in [0, 0.05) is 10.5 Å². The van der Waals surface area contributed by atoms with E-state index in [1.54, 1.807) is 13.8 Å². The molecule has 0 fully saturated rings. The molecule has 0 unspecified atom stereocenters. The molecule has 6 nitrogen and oxygen atoms in total. The summed E-state index contributed by atoms with van der Waals surface area (Å²) in [6.45, 7) is 5.24. The number of hydrogen-bond donors (Lipinski definition) is 2. The zero-order valence-electron chi connectivity index (χ0n) is 15.4. The molecule has 0 spiro atoms. The van der Waals surface area contributed by atoms with E-state index < -0.39 is 10.0 Å². The molecule has 0 bridgehead atoms. The Kier molecular flexibility index (Phi) is 7.41. The van der Waals surface area contributed by atoms with E-state index in [1.807, 2.05) is 31.2 Å². The van der Waals surface area contributed by atoms with Crippen LogP contribution in [0.1, 0.15) is 32.4 Å². The van der Waals surface area contributed by atoms with Gasteiger partial charge >= 0.3 is 0 Å². The fraction of sp³-hybridized carbons (Fsp3) is 0.316. The maximum Gasteiger partial charge on any atom is 0.258 e. The van der Waals surface area contributed by atoms with Gasteiger partial charge in [0.05, 0.1) is 10.9 Å². The summed E-state index contributed by atoms with van der Waals surface area (Å²) in [5, 5.41) is 2.86. The van der Waals surface area contributed by atoms with Crippen LogP contribution in [-0.2, 0) is 14.8 Å². The Morgan fingerprint density at radius 3 is 2.19 bits per heavy atom. The highest BCUT2D eigenvalue weighted by Crippen LogP contribution is 2.18. The van der Waals surface area contributed by atoms with Crippen LogP contribution in [0, 0.1) is 0 Å². The van der Waals surface area contributed by atoms with Gasteiger partial charge in [-0.25, -0.2) is 13.1 Å². The maximum atomic E-state index is 12.1. The minimum Gasteiger partial charge on any atom is -0.484 e. The first-order chi connectivity index (χ1) is 12.7. The number of carbonyl (C=O) groups excluding carboxylic acids is 1. The summed E-state index contributed by atoms with van der Waals surface area (Å²) < 4.78 is 33.1. The molecule has 2 aromatic rings. The van der Waals surface area contributed by atoms with Crippen LogP contribution in [0.5, 0.6) is 5.75 Å². The van der Waals surface area contributed by atoms with Crippen molar-refractivity contribution in [3.63, 3.8) is 0 Å². The topological polar surface area (TPSA) is 84.5 Å². The molecule has 0 aliphatic carbocycles. The Morgan fingerprint density at radius 1 is 1.04 bits per heavy atom. The average Bonchev–Trinajstić information content (AvgIpc) is 2.60. The lowest BCUT2D eigenvalue weighted by molar-refractivity contribution is -0.123. The maximum absolute atomic E-state index is 12.1. The SMILES string of the molecule is CC(C)NS(=O)(=O)c1ccc(OCC(=O)N[C@H](C)c2ccc(Br)cc2)cc1. The number of hydrogen-bond acceptors (Lipinski definition) is 4. The zero-order valence-corrected chi connectivity index (χ0v) is 17.8. The van der Waals surface area contributed by atoms with Crippen molar-refractivity contribution in [1.82, 2.24) is 10.0 Å². The van der Waals surface area contributed by atoms with Gasteiger partial charge in [0.25, 0.3) is 5.91 Å². The van der Waals surface area contributed by atoms with Gasteiger partial charge in [-0.05, 0) is 62.7 Å². The lowest BCUT2D eigenvalue weighted by Crippen LogP contribution is -2.31.